The van der Waals surface area contributed by atoms with Crippen molar-refractivity contribution in [2.45, 2.75) is 6.54 Å². The van der Waals surface area contributed by atoms with E-state index in [2.05, 4.69) is 38.5 Å². The lowest BCUT2D eigenvalue weighted by atomic mass is 10.1. The van der Waals surface area contributed by atoms with Crippen LogP contribution in [0.3, 0.4) is 0 Å². The van der Waals surface area contributed by atoms with E-state index in [-0.39, 0.29) is 5.91 Å². The zero-order valence-corrected chi connectivity index (χ0v) is 16.3. The van der Waals surface area contributed by atoms with Crippen LogP contribution in [-0.4, -0.2) is 17.9 Å². The highest BCUT2D eigenvalue weighted by atomic mass is 127. The largest absolute Gasteiger partial charge is 0.337 e. The first-order chi connectivity index (χ1) is 9.88. The number of hydrogen-bond donors (Lipinski definition) is 0. The second-order valence-corrected chi connectivity index (χ2v) is 7.45. The highest BCUT2D eigenvalue weighted by molar-refractivity contribution is 14.1. The summed E-state index contributed by atoms with van der Waals surface area (Å²) in [4.78, 5) is 14.2. The number of benzene rings is 2. The van der Waals surface area contributed by atoms with Crippen LogP contribution in [0.4, 0.5) is 0 Å². The summed E-state index contributed by atoms with van der Waals surface area (Å²) >= 11 is 17.5. The summed E-state index contributed by atoms with van der Waals surface area (Å²) in [5, 5.41) is 1.00. The monoisotopic (exact) mass is 497 g/mol. The maximum atomic E-state index is 12.5. The van der Waals surface area contributed by atoms with Crippen LogP contribution in [0.15, 0.2) is 40.9 Å². The van der Waals surface area contributed by atoms with Crippen molar-refractivity contribution in [2.75, 3.05) is 7.05 Å². The summed E-state index contributed by atoms with van der Waals surface area (Å²) in [7, 11) is 1.76. The molecule has 2 nitrogen and oxygen atoms in total. The van der Waals surface area contributed by atoms with E-state index in [1.165, 1.54) is 0 Å². The number of rotatable bonds is 3. The van der Waals surface area contributed by atoms with E-state index in [0.717, 1.165) is 13.6 Å². The standard InChI is InChI=1S/C15H11BrCl2INO/c1-20(8-9-2-5-13(17)14(18)6-9)15(21)11-7-10(19)3-4-12(11)16/h2-7H,8H2,1H3. The number of amides is 1. The molecule has 0 aliphatic heterocycles. The molecule has 0 heterocycles. The van der Waals surface area contributed by atoms with Crippen molar-refractivity contribution < 1.29 is 4.79 Å². The number of hydrogen-bond acceptors (Lipinski definition) is 1. The van der Waals surface area contributed by atoms with Gasteiger partial charge >= 0.3 is 0 Å². The maximum absolute atomic E-state index is 12.5. The van der Waals surface area contributed by atoms with Gasteiger partial charge in [-0.3, -0.25) is 4.79 Å². The molecule has 0 radical (unpaired) electrons. The second kappa shape index (κ2) is 7.31. The zero-order valence-electron chi connectivity index (χ0n) is 11.0. The smallest absolute Gasteiger partial charge is 0.255 e. The molecule has 21 heavy (non-hydrogen) atoms. The molecule has 0 aromatic heterocycles. The molecule has 110 valence electrons. The summed E-state index contributed by atoms with van der Waals surface area (Å²) < 4.78 is 1.80. The van der Waals surface area contributed by atoms with Crippen molar-refractivity contribution in [3.63, 3.8) is 0 Å². The van der Waals surface area contributed by atoms with Gasteiger partial charge in [-0.15, -0.1) is 0 Å². The third-order valence-electron chi connectivity index (χ3n) is 2.91. The first-order valence-corrected chi connectivity index (χ1v) is 8.65. The molecular formula is C15H11BrCl2INO. The van der Waals surface area contributed by atoms with E-state index in [9.17, 15) is 4.79 Å². The lowest BCUT2D eigenvalue weighted by Gasteiger charge is -2.18. The minimum Gasteiger partial charge on any atom is -0.337 e. The van der Waals surface area contributed by atoms with Crippen molar-refractivity contribution in [1.29, 1.82) is 0 Å². The Hall–Kier alpha value is -0.300. The topological polar surface area (TPSA) is 20.3 Å². The Morgan fingerprint density at radius 2 is 1.90 bits per heavy atom. The average Bonchev–Trinajstić information content (AvgIpc) is 2.44. The van der Waals surface area contributed by atoms with Gasteiger partial charge in [-0.2, -0.15) is 0 Å². The van der Waals surface area contributed by atoms with Crippen LogP contribution in [0.5, 0.6) is 0 Å². The molecule has 0 aliphatic rings. The Kier molecular flexibility index (Phi) is 5.94. The van der Waals surface area contributed by atoms with E-state index in [1.807, 2.05) is 24.3 Å². The molecule has 6 heteroatoms. The molecule has 2 aromatic rings. The van der Waals surface area contributed by atoms with Gasteiger partial charge in [0.15, 0.2) is 0 Å². The molecule has 2 aromatic carbocycles. The molecule has 1 amide bonds. The fourth-order valence-electron chi connectivity index (χ4n) is 1.85. The SMILES string of the molecule is CN(Cc1ccc(Cl)c(Cl)c1)C(=O)c1cc(I)ccc1Br. The van der Waals surface area contributed by atoms with Gasteiger partial charge in [-0.1, -0.05) is 29.3 Å². The lowest BCUT2D eigenvalue weighted by Crippen LogP contribution is -2.26. The van der Waals surface area contributed by atoms with Gasteiger partial charge in [0.05, 0.1) is 15.6 Å². The van der Waals surface area contributed by atoms with E-state index in [0.29, 0.717) is 22.2 Å². The number of halogens is 4. The van der Waals surface area contributed by atoms with Gasteiger partial charge in [-0.25, -0.2) is 0 Å². The minimum atomic E-state index is -0.0496. The second-order valence-electron chi connectivity index (χ2n) is 4.53. The summed E-state index contributed by atoms with van der Waals surface area (Å²) in [6.45, 7) is 0.466. The van der Waals surface area contributed by atoms with Crippen LogP contribution in [0, 0.1) is 3.57 Å². The van der Waals surface area contributed by atoms with Gasteiger partial charge in [-0.05, 0) is 74.4 Å². The number of nitrogens with zero attached hydrogens (tertiary/aromatic N) is 1. The van der Waals surface area contributed by atoms with Crippen molar-refractivity contribution in [1.82, 2.24) is 4.90 Å². The number of carbonyl (C=O) groups is 1. The van der Waals surface area contributed by atoms with Gasteiger partial charge in [0.25, 0.3) is 5.91 Å². The molecular weight excluding hydrogens is 488 g/mol. The average molecular weight is 499 g/mol. The van der Waals surface area contributed by atoms with Crippen LogP contribution in [-0.2, 0) is 6.54 Å². The molecule has 0 atom stereocenters. The van der Waals surface area contributed by atoms with Gasteiger partial charge in [0, 0.05) is 21.6 Å². The molecule has 0 aliphatic carbocycles. The highest BCUT2D eigenvalue weighted by Gasteiger charge is 2.16. The van der Waals surface area contributed by atoms with E-state index in [4.69, 9.17) is 23.2 Å². The van der Waals surface area contributed by atoms with Crippen LogP contribution >= 0.6 is 61.7 Å². The fourth-order valence-corrected chi connectivity index (χ4v) is 3.08. The van der Waals surface area contributed by atoms with Crippen molar-refractivity contribution in [3.8, 4) is 0 Å². The Bertz CT molecular complexity index is 693. The zero-order chi connectivity index (χ0) is 15.6. The normalized spacial score (nSPS) is 10.5. The number of carbonyl (C=O) groups excluding carboxylic acids is 1. The molecule has 0 N–H and O–H groups in total. The van der Waals surface area contributed by atoms with E-state index in [1.54, 1.807) is 24.1 Å². The van der Waals surface area contributed by atoms with Crippen LogP contribution < -0.4 is 0 Å². The molecule has 0 fully saturated rings. The van der Waals surface area contributed by atoms with Crippen molar-refractivity contribution in [2.24, 2.45) is 0 Å². The predicted molar refractivity (Wildman–Crippen MR) is 99.1 cm³/mol. The summed E-state index contributed by atoms with van der Waals surface area (Å²) in [5.74, 6) is -0.0496. The quantitative estimate of drug-likeness (QED) is 0.502. The highest BCUT2D eigenvalue weighted by Crippen LogP contribution is 2.24. The van der Waals surface area contributed by atoms with Crippen molar-refractivity contribution in [3.05, 3.63) is 65.6 Å². The van der Waals surface area contributed by atoms with E-state index >= 15 is 0 Å². The predicted octanol–water partition coefficient (Wildman–Crippen LogP) is 5.63. The van der Waals surface area contributed by atoms with Crippen LogP contribution in [0.2, 0.25) is 10.0 Å². The summed E-state index contributed by atoms with van der Waals surface area (Å²) in [5.41, 5.74) is 1.58. The Labute approximate surface area is 155 Å². The fraction of sp³-hybridized carbons (Fsp3) is 0.133. The Morgan fingerprint density at radius 1 is 1.19 bits per heavy atom. The molecule has 0 unspecified atom stereocenters. The molecule has 0 bridgehead atoms. The first kappa shape index (κ1) is 17.1. The summed E-state index contributed by atoms with van der Waals surface area (Å²) in [6.07, 6.45) is 0. The first-order valence-electron chi connectivity index (χ1n) is 6.03. The maximum Gasteiger partial charge on any atom is 0.255 e. The van der Waals surface area contributed by atoms with Gasteiger partial charge in [0.2, 0.25) is 0 Å². The lowest BCUT2D eigenvalue weighted by molar-refractivity contribution is 0.0784. The van der Waals surface area contributed by atoms with Crippen molar-refractivity contribution >= 4 is 67.6 Å². The molecule has 0 saturated carbocycles. The Morgan fingerprint density at radius 3 is 2.57 bits per heavy atom. The van der Waals surface area contributed by atoms with Gasteiger partial charge < -0.3 is 4.90 Å². The van der Waals surface area contributed by atoms with Crippen LogP contribution in [0.25, 0.3) is 0 Å². The molecule has 2 rings (SSSR count). The molecule has 0 spiro atoms. The minimum absolute atomic E-state index is 0.0496. The third-order valence-corrected chi connectivity index (χ3v) is 5.01. The third kappa shape index (κ3) is 4.34. The summed E-state index contributed by atoms with van der Waals surface area (Å²) in [6, 6.07) is 11.1. The van der Waals surface area contributed by atoms with E-state index < -0.39 is 0 Å². The Balaban J connectivity index is 2.19. The van der Waals surface area contributed by atoms with Gasteiger partial charge in [0.1, 0.15) is 0 Å². The molecule has 0 saturated heterocycles. The van der Waals surface area contributed by atoms with Crippen LogP contribution in [0.1, 0.15) is 15.9 Å².